The predicted octanol–water partition coefficient (Wildman–Crippen LogP) is 2.87. The van der Waals surface area contributed by atoms with Gasteiger partial charge < -0.3 is 4.74 Å². The van der Waals surface area contributed by atoms with Gasteiger partial charge in [0.2, 0.25) is 11.5 Å². The second-order valence-corrected chi connectivity index (χ2v) is 6.04. The summed E-state index contributed by atoms with van der Waals surface area (Å²) in [4.78, 5) is 8.24. The number of pyridine rings is 1. The van der Waals surface area contributed by atoms with E-state index in [9.17, 15) is 13.2 Å². The second kappa shape index (κ2) is 4.53. The molecule has 0 aromatic carbocycles. The quantitative estimate of drug-likeness (QED) is 0.741. The van der Waals surface area contributed by atoms with Gasteiger partial charge in [0.05, 0.1) is 6.61 Å². The molecule has 0 saturated heterocycles. The van der Waals surface area contributed by atoms with Crippen LogP contribution in [0.15, 0.2) is 18.3 Å². The van der Waals surface area contributed by atoms with Crippen molar-refractivity contribution in [2.75, 3.05) is 6.61 Å². The largest absolute Gasteiger partial charge is 0.474 e. The molecule has 3 heterocycles. The summed E-state index contributed by atoms with van der Waals surface area (Å²) in [7, 11) is 0. The SMILES string of the molecule is CC1(COc2nc3cccnc3n3c(C(F)(F)F)nnc23)CC1. The van der Waals surface area contributed by atoms with Gasteiger partial charge in [0, 0.05) is 11.6 Å². The number of hydrogen-bond donors (Lipinski definition) is 0. The molecule has 0 spiro atoms. The smallest absolute Gasteiger partial charge is 0.452 e. The average Bonchev–Trinajstić information content (AvgIpc) is 3.06. The van der Waals surface area contributed by atoms with E-state index in [4.69, 9.17) is 4.74 Å². The zero-order valence-corrected chi connectivity index (χ0v) is 12.1. The Bertz CT molecular complexity index is 900. The Kier molecular flexibility index (Phi) is 2.79. The van der Waals surface area contributed by atoms with E-state index in [0.717, 1.165) is 17.2 Å². The number of halogens is 3. The highest BCUT2D eigenvalue weighted by Gasteiger charge is 2.40. The molecule has 0 aliphatic heterocycles. The number of rotatable bonds is 3. The number of aromatic nitrogens is 5. The van der Waals surface area contributed by atoms with Crippen LogP contribution in [0.3, 0.4) is 0 Å². The number of nitrogens with zero attached hydrogens (tertiary/aromatic N) is 5. The van der Waals surface area contributed by atoms with Crippen LogP contribution >= 0.6 is 0 Å². The lowest BCUT2D eigenvalue weighted by Gasteiger charge is -2.12. The molecule has 0 bridgehead atoms. The second-order valence-electron chi connectivity index (χ2n) is 6.04. The third-order valence-electron chi connectivity index (χ3n) is 3.97. The van der Waals surface area contributed by atoms with Crippen LogP contribution in [0.4, 0.5) is 13.2 Å². The maximum absolute atomic E-state index is 13.2. The van der Waals surface area contributed by atoms with Crippen LogP contribution in [-0.2, 0) is 6.18 Å². The summed E-state index contributed by atoms with van der Waals surface area (Å²) < 4.78 is 46.1. The maximum atomic E-state index is 13.2. The fourth-order valence-corrected chi connectivity index (χ4v) is 2.31. The first-order chi connectivity index (χ1) is 10.9. The minimum atomic E-state index is -4.65. The zero-order valence-electron chi connectivity index (χ0n) is 12.1. The molecule has 0 atom stereocenters. The minimum absolute atomic E-state index is 0.0432. The zero-order chi connectivity index (χ0) is 16.2. The molecule has 1 fully saturated rings. The summed E-state index contributed by atoms with van der Waals surface area (Å²) in [6.45, 7) is 2.44. The standard InChI is InChI=1S/C14H12F3N5O/c1-13(4-5-13)7-23-11-10-20-21-12(14(15,16)17)22(10)9-8(19-11)3-2-6-18-9/h2-3,6H,4-5,7H2,1H3. The van der Waals surface area contributed by atoms with Crippen molar-refractivity contribution in [2.45, 2.75) is 25.9 Å². The van der Waals surface area contributed by atoms with Crippen molar-refractivity contribution in [3.05, 3.63) is 24.2 Å². The maximum Gasteiger partial charge on any atom is 0.452 e. The Morgan fingerprint density at radius 1 is 1.26 bits per heavy atom. The molecule has 1 saturated carbocycles. The molecule has 0 unspecified atom stereocenters. The monoisotopic (exact) mass is 323 g/mol. The van der Waals surface area contributed by atoms with E-state index in [1.807, 2.05) is 0 Å². The third-order valence-corrected chi connectivity index (χ3v) is 3.97. The first-order valence-electron chi connectivity index (χ1n) is 7.07. The molecule has 6 nitrogen and oxygen atoms in total. The summed E-state index contributed by atoms with van der Waals surface area (Å²) in [6.07, 6.45) is -1.20. The Morgan fingerprint density at radius 2 is 2.04 bits per heavy atom. The van der Waals surface area contributed by atoms with Crippen molar-refractivity contribution in [3.8, 4) is 5.88 Å². The summed E-state index contributed by atoms with van der Waals surface area (Å²) in [5.41, 5.74) is 0.328. The lowest BCUT2D eigenvalue weighted by Crippen LogP contribution is -2.14. The van der Waals surface area contributed by atoms with Gasteiger partial charge in [0.25, 0.3) is 5.88 Å². The van der Waals surface area contributed by atoms with Crippen LogP contribution in [0.5, 0.6) is 5.88 Å². The number of fused-ring (bicyclic) bond motifs is 3. The molecular weight excluding hydrogens is 311 g/mol. The van der Waals surface area contributed by atoms with Crippen LogP contribution < -0.4 is 4.74 Å². The van der Waals surface area contributed by atoms with Crippen molar-refractivity contribution in [1.82, 2.24) is 24.6 Å². The van der Waals surface area contributed by atoms with E-state index < -0.39 is 12.0 Å². The van der Waals surface area contributed by atoms with Gasteiger partial charge in [0.15, 0.2) is 5.65 Å². The first kappa shape index (κ1) is 14.2. The third kappa shape index (κ3) is 2.36. The molecule has 4 rings (SSSR count). The Hall–Kier alpha value is -2.45. The minimum Gasteiger partial charge on any atom is -0.474 e. The average molecular weight is 323 g/mol. The molecule has 1 aliphatic carbocycles. The summed E-state index contributed by atoms with van der Waals surface area (Å²) in [5.74, 6) is -1.09. The van der Waals surface area contributed by atoms with Gasteiger partial charge in [-0.1, -0.05) is 6.92 Å². The van der Waals surface area contributed by atoms with Crippen LogP contribution in [0.1, 0.15) is 25.6 Å². The molecule has 3 aromatic rings. The van der Waals surface area contributed by atoms with Gasteiger partial charge in [0.1, 0.15) is 5.52 Å². The molecule has 120 valence electrons. The van der Waals surface area contributed by atoms with Gasteiger partial charge in [-0.3, -0.25) is 0 Å². The Labute approximate surface area is 128 Å². The highest BCUT2D eigenvalue weighted by molar-refractivity contribution is 5.76. The molecule has 9 heteroatoms. The highest BCUT2D eigenvalue weighted by Crippen LogP contribution is 2.45. The topological polar surface area (TPSA) is 65.2 Å². The van der Waals surface area contributed by atoms with Crippen LogP contribution in [0.25, 0.3) is 16.8 Å². The van der Waals surface area contributed by atoms with E-state index >= 15 is 0 Å². The highest BCUT2D eigenvalue weighted by atomic mass is 19.4. The number of alkyl halides is 3. The normalized spacial score (nSPS) is 16.9. The van der Waals surface area contributed by atoms with Crippen molar-refractivity contribution < 1.29 is 17.9 Å². The molecule has 3 aromatic heterocycles. The summed E-state index contributed by atoms with van der Waals surface area (Å²) >= 11 is 0. The van der Waals surface area contributed by atoms with Gasteiger partial charge in [-0.05, 0) is 25.0 Å². The van der Waals surface area contributed by atoms with Crippen LogP contribution in [0, 0.1) is 5.41 Å². The van der Waals surface area contributed by atoms with Gasteiger partial charge >= 0.3 is 6.18 Å². The lowest BCUT2D eigenvalue weighted by molar-refractivity contribution is -0.145. The van der Waals surface area contributed by atoms with E-state index in [1.54, 1.807) is 12.1 Å². The van der Waals surface area contributed by atoms with Crippen molar-refractivity contribution >= 4 is 16.8 Å². The molecule has 0 radical (unpaired) electrons. The van der Waals surface area contributed by atoms with E-state index in [2.05, 4.69) is 27.1 Å². The Morgan fingerprint density at radius 3 is 2.74 bits per heavy atom. The fourth-order valence-electron chi connectivity index (χ4n) is 2.31. The summed E-state index contributed by atoms with van der Waals surface area (Å²) in [6, 6.07) is 3.18. The molecule has 1 aliphatic rings. The molecule has 0 amide bonds. The van der Waals surface area contributed by atoms with Crippen LogP contribution in [-0.4, -0.2) is 31.2 Å². The predicted molar refractivity (Wildman–Crippen MR) is 73.9 cm³/mol. The van der Waals surface area contributed by atoms with Crippen LogP contribution in [0.2, 0.25) is 0 Å². The van der Waals surface area contributed by atoms with E-state index in [0.29, 0.717) is 12.1 Å². The molecular formula is C14H12F3N5O. The summed E-state index contributed by atoms with van der Waals surface area (Å²) in [5, 5.41) is 6.89. The molecule has 0 N–H and O–H groups in total. The van der Waals surface area contributed by atoms with Gasteiger partial charge in [-0.25, -0.2) is 14.4 Å². The lowest BCUT2D eigenvalue weighted by atomic mass is 10.2. The van der Waals surface area contributed by atoms with Crippen molar-refractivity contribution in [3.63, 3.8) is 0 Å². The number of hydrogen-bond acceptors (Lipinski definition) is 5. The van der Waals surface area contributed by atoms with Gasteiger partial charge in [-0.2, -0.15) is 13.2 Å². The van der Waals surface area contributed by atoms with Gasteiger partial charge in [-0.15, -0.1) is 10.2 Å². The van der Waals surface area contributed by atoms with E-state index in [1.165, 1.54) is 6.20 Å². The van der Waals surface area contributed by atoms with Crippen molar-refractivity contribution in [1.29, 1.82) is 0 Å². The molecule has 23 heavy (non-hydrogen) atoms. The number of ether oxygens (including phenoxy) is 1. The van der Waals surface area contributed by atoms with Crippen molar-refractivity contribution in [2.24, 2.45) is 5.41 Å². The Balaban J connectivity index is 1.93. The first-order valence-corrected chi connectivity index (χ1v) is 7.07. The fraction of sp³-hybridized carbons (Fsp3) is 0.429. The van der Waals surface area contributed by atoms with E-state index in [-0.39, 0.29) is 22.6 Å².